The Kier molecular flexibility index (Phi) is 2.98. The van der Waals surface area contributed by atoms with Gasteiger partial charge in [-0.2, -0.15) is 0 Å². The zero-order valence-corrected chi connectivity index (χ0v) is 18.6. The van der Waals surface area contributed by atoms with Crippen LogP contribution in [0.1, 0.15) is 33.7 Å². The van der Waals surface area contributed by atoms with Crippen molar-refractivity contribution in [2.24, 2.45) is 0 Å². The van der Waals surface area contributed by atoms with Gasteiger partial charge in [-0.15, -0.1) is 0 Å². The van der Waals surface area contributed by atoms with Crippen LogP contribution < -0.4 is 0 Å². The van der Waals surface area contributed by atoms with Crippen molar-refractivity contribution in [3.8, 4) is 0 Å². The molecular weight excluding hydrogens is 408 g/mol. The minimum absolute atomic E-state index is 0.355. The third-order valence-electron chi connectivity index (χ3n) is 8.48. The molecule has 0 spiro atoms. The van der Waals surface area contributed by atoms with Crippen LogP contribution in [0.4, 0.5) is 0 Å². The number of hydrogen-bond acceptors (Lipinski definition) is 0. The molecule has 0 aromatic heterocycles. The number of allylic oxidation sites excluding steroid dienone is 1. The Morgan fingerprint density at radius 3 is 2.26 bits per heavy atom. The van der Waals surface area contributed by atoms with Crippen LogP contribution in [0.25, 0.3) is 59.9 Å². The molecule has 0 heterocycles. The third kappa shape index (κ3) is 1.93. The highest BCUT2D eigenvalue weighted by Gasteiger charge is 2.30. The van der Waals surface area contributed by atoms with Crippen LogP contribution >= 0.6 is 0 Å². The van der Waals surface area contributed by atoms with Crippen molar-refractivity contribution in [2.75, 3.05) is 0 Å². The molecule has 0 fully saturated rings. The lowest BCUT2D eigenvalue weighted by molar-refractivity contribution is 0.924. The van der Waals surface area contributed by atoms with Gasteiger partial charge in [0.25, 0.3) is 0 Å². The second-order valence-corrected chi connectivity index (χ2v) is 10.0. The van der Waals surface area contributed by atoms with E-state index in [1.165, 1.54) is 81.7 Å². The van der Waals surface area contributed by atoms with E-state index in [1.807, 2.05) is 0 Å². The van der Waals surface area contributed by atoms with E-state index < -0.39 is 0 Å². The number of hydrogen-bond donors (Lipinski definition) is 0. The lowest BCUT2D eigenvalue weighted by Crippen LogP contribution is -2.15. The smallest absolute Gasteiger partial charge is 0.0284 e. The van der Waals surface area contributed by atoms with E-state index in [4.69, 9.17) is 0 Å². The topological polar surface area (TPSA) is 0 Å². The van der Waals surface area contributed by atoms with Crippen LogP contribution in [0, 0.1) is 0 Å². The molecule has 156 valence electrons. The molecule has 0 N–H and O–H groups in total. The van der Waals surface area contributed by atoms with Crippen LogP contribution in [0.5, 0.6) is 0 Å². The average molecular weight is 429 g/mol. The van der Waals surface area contributed by atoms with Crippen molar-refractivity contribution in [1.82, 2.24) is 0 Å². The maximum atomic E-state index is 2.45. The zero-order valence-electron chi connectivity index (χ0n) is 18.6. The molecule has 2 aliphatic rings. The van der Waals surface area contributed by atoms with Gasteiger partial charge in [0.05, 0.1) is 0 Å². The van der Waals surface area contributed by atoms with Crippen LogP contribution in [-0.2, 0) is 6.42 Å². The van der Waals surface area contributed by atoms with Crippen molar-refractivity contribution >= 4 is 59.9 Å². The molecule has 0 radical (unpaired) electrons. The Hall–Kier alpha value is -4.16. The molecule has 0 saturated heterocycles. The zero-order chi connectivity index (χ0) is 22.0. The van der Waals surface area contributed by atoms with Gasteiger partial charge in [-0.3, -0.25) is 0 Å². The van der Waals surface area contributed by atoms with E-state index in [9.17, 15) is 0 Å². The molecule has 7 aromatic carbocycles. The highest BCUT2D eigenvalue weighted by atomic mass is 14.3. The summed E-state index contributed by atoms with van der Waals surface area (Å²) < 4.78 is 0. The molecule has 2 aliphatic carbocycles. The quantitative estimate of drug-likeness (QED) is 0.167. The van der Waals surface area contributed by atoms with Gasteiger partial charge in [-0.05, 0) is 94.2 Å². The Balaban J connectivity index is 1.50. The van der Waals surface area contributed by atoms with Crippen LogP contribution in [-0.4, -0.2) is 0 Å². The minimum Gasteiger partial charge on any atom is -0.0720 e. The van der Waals surface area contributed by atoms with Crippen molar-refractivity contribution < 1.29 is 0 Å². The van der Waals surface area contributed by atoms with Crippen LogP contribution in [0.2, 0.25) is 0 Å². The minimum atomic E-state index is 0.355. The first kappa shape index (κ1) is 17.3. The summed E-state index contributed by atoms with van der Waals surface area (Å²) in [6.07, 6.45) is 5.89. The van der Waals surface area contributed by atoms with Gasteiger partial charge >= 0.3 is 0 Å². The fourth-order valence-electron chi connectivity index (χ4n) is 7.10. The molecule has 0 nitrogen and oxygen atoms in total. The maximum Gasteiger partial charge on any atom is 0.0284 e. The van der Waals surface area contributed by atoms with Gasteiger partial charge in [0.15, 0.2) is 0 Å². The van der Waals surface area contributed by atoms with Crippen molar-refractivity contribution in [3.63, 3.8) is 0 Å². The predicted octanol–water partition coefficient (Wildman–Crippen LogP) is 8.95. The molecule has 0 amide bonds. The van der Waals surface area contributed by atoms with E-state index in [0.717, 1.165) is 6.42 Å². The Morgan fingerprint density at radius 1 is 0.529 bits per heavy atom. The SMILES string of the molecule is C1=CC2c3ccccc3Cc3ccc4c(c32)c1c1ccc2cc3ccccc3c3ccc4c1c23. The molecule has 0 bridgehead atoms. The van der Waals surface area contributed by atoms with E-state index in [0.29, 0.717) is 5.92 Å². The lowest BCUT2D eigenvalue weighted by atomic mass is 9.71. The normalized spacial score (nSPS) is 16.3. The largest absolute Gasteiger partial charge is 0.0720 e. The average Bonchev–Trinajstić information content (AvgIpc) is 2.90. The molecule has 34 heavy (non-hydrogen) atoms. The summed E-state index contributed by atoms with van der Waals surface area (Å²) in [5.41, 5.74) is 7.36. The molecule has 1 unspecified atom stereocenters. The summed E-state index contributed by atoms with van der Waals surface area (Å²) in [6, 6.07) is 34.4. The van der Waals surface area contributed by atoms with Crippen molar-refractivity contribution in [1.29, 1.82) is 0 Å². The van der Waals surface area contributed by atoms with Gasteiger partial charge in [-0.25, -0.2) is 0 Å². The predicted molar refractivity (Wildman–Crippen MR) is 145 cm³/mol. The van der Waals surface area contributed by atoms with Gasteiger partial charge in [0, 0.05) is 5.92 Å². The van der Waals surface area contributed by atoms with E-state index in [1.54, 1.807) is 0 Å². The first-order valence-corrected chi connectivity index (χ1v) is 12.2. The second kappa shape index (κ2) is 5.85. The summed E-state index contributed by atoms with van der Waals surface area (Å²) in [5, 5.41) is 13.8. The van der Waals surface area contributed by atoms with Crippen molar-refractivity contribution in [3.05, 3.63) is 125 Å². The van der Waals surface area contributed by atoms with Gasteiger partial charge in [-0.1, -0.05) is 97.1 Å². The number of benzene rings is 7. The monoisotopic (exact) mass is 428 g/mol. The highest BCUT2D eigenvalue weighted by Crippen LogP contribution is 2.50. The molecule has 9 rings (SSSR count). The molecule has 0 aliphatic heterocycles. The Bertz CT molecular complexity index is 2040. The highest BCUT2D eigenvalue weighted by molar-refractivity contribution is 6.34. The van der Waals surface area contributed by atoms with Gasteiger partial charge < -0.3 is 0 Å². The molecule has 0 saturated carbocycles. The fraction of sp³-hybridized carbons (Fsp3) is 0.0588. The number of rotatable bonds is 0. The van der Waals surface area contributed by atoms with Crippen molar-refractivity contribution in [2.45, 2.75) is 12.3 Å². The van der Waals surface area contributed by atoms with Gasteiger partial charge in [0.2, 0.25) is 0 Å². The summed E-state index contributed by atoms with van der Waals surface area (Å²) in [4.78, 5) is 0. The summed E-state index contributed by atoms with van der Waals surface area (Å²) >= 11 is 0. The number of fused-ring (bicyclic) bond motifs is 6. The fourth-order valence-corrected chi connectivity index (χ4v) is 7.10. The molecule has 7 aromatic rings. The second-order valence-electron chi connectivity index (χ2n) is 10.0. The van der Waals surface area contributed by atoms with Crippen LogP contribution in [0.3, 0.4) is 0 Å². The summed E-state index contributed by atoms with van der Waals surface area (Å²) in [6.45, 7) is 0. The third-order valence-corrected chi connectivity index (χ3v) is 8.48. The maximum absolute atomic E-state index is 2.45. The first-order chi connectivity index (χ1) is 16.9. The van der Waals surface area contributed by atoms with E-state index >= 15 is 0 Å². The first-order valence-electron chi connectivity index (χ1n) is 12.2. The Morgan fingerprint density at radius 2 is 1.29 bits per heavy atom. The standard InChI is InChI=1S/C34H20/c1-3-7-23-19(5-1)17-21-9-11-27-30-16-14-26-24-8-4-2-6-20(24)18-22-10-12-28(34(30)32(22)26)29-15-13-25(23)31(21)33(27)29/h1-17,26H,18H2. The summed E-state index contributed by atoms with van der Waals surface area (Å²) in [5.74, 6) is 0.355. The molecule has 0 heteroatoms. The summed E-state index contributed by atoms with van der Waals surface area (Å²) in [7, 11) is 0. The lowest BCUT2D eigenvalue weighted by Gasteiger charge is -2.32. The molecule has 1 atom stereocenters. The van der Waals surface area contributed by atoms with E-state index in [-0.39, 0.29) is 0 Å². The molecular formula is C34H20. The van der Waals surface area contributed by atoms with E-state index in [2.05, 4.69) is 103 Å². The Labute approximate surface area is 197 Å². The van der Waals surface area contributed by atoms with Gasteiger partial charge in [0.1, 0.15) is 0 Å². The van der Waals surface area contributed by atoms with Crippen LogP contribution in [0.15, 0.2) is 97.1 Å².